The van der Waals surface area contributed by atoms with Gasteiger partial charge in [-0.05, 0) is 37.5 Å². The van der Waals surface area contributed by atoms with Crippen LogP contribution < -0.4 is 10.5 Å². The molecular weight excluding hydrogens is 288 g/mol. The second-order valence-corrected chi connectivity index (χ2v) is 6.74. The molecule has 0 radical (unpaired) electrons. The number of nitrogens with two attached hydrogens (primary N) is 1. The number of hydrogen-bond acceptors (Lipinski definition) is 4. The van der Waals surface area contributed by atoms with Gasteiger partial charge in [-0.25, -0.2) is 13.1 Å². The zero-order valence-corrected chi connectivity index (χ0v) is 12.2. The highest BCUT2D eigenvalue weighted by atomic mass is 35.5. The first-order chi connectivity index (χ1) is 8.94. The predicted molar refractivity (Wildman–Crippen MR) is 74.6 cm³/mol. The molecule has 7 heteroatoms. The highest BCUT2D eigenvalue weighted by molar-refractivity contribution is 7.89. The van der Waals surface area contributed by atoms with Crippen LogP contribution in [0.15, 0.2) is 23.1 Å². The average molecular weight is 305 g/mol. The number of rotatable bonds is 4. The summed E-state index contributed by atoms with van der Waals surface area (Å²) in [5.74, 6) is 0. The Hall–Kier alpha value is -0.820. The molecule has 1 fully saturated rings. The van der Waals surface area contributed by atoms with Crippen LogP contribution in [0.4, 0.5) is 5.69 Å². The smallest absolute Gasteiger partial charge is 0.240 e. The SMILES string of the molecule is COC1CCCC1NS(=O)(=O)c1ccc(Cl)c(N)c1. The Morgan fingerprint density at radius 3 is 2.79 bits per heavy atom. The maximum absolute atomic E-state index is 12.2. The summed E-state index contributed by atoms with van der Waals surface area (Å²) in [6, 6.07) is 4.10. The molecule has 2 atom stereocenters. The van der Waals surface area contributed by atoms with Gasteiger partial charge < -0.3 is 10.5 Å². The maximum Gasteiger partial charge on any atom is 0.240 e. The molecule has 1 saturated carbocycles. The molecule has 1 aromatic carbocycles. The summed E-state index contributed by atoms with van der Waals surface area (Å²) in [6.07, 6.45) is 2.53. The van der Waals surface area contributed by atoms with E-state index in [0.717, 1.165) is 19.3 Å². The van der Waals surface area contributed by atoms with Crippen LogP contribution in [-0.2, 0) is 14.8 Å². The number of methoxy groups -OCH3 is 1. The molecule has 1 aliphatic rings. The predicted octanol–water partition coefficient (Wildman–Crippen LogP) is 1.77. The van der Waals surface area contributed by atoms with Crippen LogP contribution in [0.2, 0.25) is 5.02 Å². The summed E-state index contributed by atoms with van der Waals surface area (Å²) in [5, 5.41) is 0.342. The van der Waals surface area contributed by atoms with E-state index in [-0.39, 0.29) is 22.7 Å². The van der Waals surface area contributed by atoms with Crippen LogP contribution in [0.1, 0.15) is 19.3 Å². The molecule has 1 aromatic rings. The van der Waals surface area contributed by atoms with Gasteiger partial charge >= 0.3 is 0 Å². The third-order valence-electron chi connectivity index (χ3n) is 3.34. The quantitative estimate of drug-likeness (QED) is 0.831. The van der Waals surface area contributed by atoms with E-state index in [1.165, 1.54) is 18.2 Å². The molecule has 5 nitrogen and oxygen atoms in total. The number of nitrogen functional groups attached to an aromatic ring is 1. The summed E-state index contributed by atoms with van der Waals surface area (Å²) >= 11 is 5.79. The fraction of sp³-hybridized carbons (Fsp3) is 0.500. The van der Waals surface area contributed by atoms with Gasteiger partial charge in [-0.3, -0.25) is 0 Å². The number of hydrogen-bond donors (Lipinski definition) is 2. The van der Waals surface area contributed by atoms with E-state index in [1.807, 2.05) is 0 Å². The lowest BCUT2D eigenvalue weighted by Crippen LogP contribution is -2.40. The minimum atomic E-state index is -3.59. The van der Waals surface area contributed by atoms with Gasteiger partial charge in [-0.1, -0.05) is 11.6 Å². The first-order valence-corrected chi connectivity index (χ1v) is 7.90. The van der Waals surface area contributed by atoms with E-state index in [4.69, 9.17) is 22.1 Å². The topological polar surface area (TPSA) is 81.4 Å². The summed E-state index contributed by atoms with van der Waals surface area (Å²) in [6.45, 7) is 0. The monoisotopic (exact) mass is 304 g/mol. The molecule has 0 saturated heterocycles. The number of nitrogens with one attached hydrogen (secondary N) is 1. The lowest BCUT2D eigenvalue weighted by atomic mass is 10.2. The Morgan fingerprint density at radius 1 is 1.42 bits per heavy atom. The van der Waals surface area contributed by atoms with E-state index in [2.05, 4.69) is 4.72 Å². The minimum absolute atomic E-state index is 0.0700. The standard InChI is InChI=1S/C12H17ClN2O3S/c1-18-12-4-2-3-11(12)15-19(16,17)8-5-6-9(13)10(14)7-8/h5-7,11-12,15H,2-4,14H2,1H3. The summed E-state index contributed by atoms with van der Waals surface area (Å²) in [4.78, 5) is 0.121. The molecular formula is C12H17ClN2O3S. The number of halogens is 1. The largest absolute Gasteiger partial charge is 0.397 e. The van der Waals surface area contributed by atoms with Gasteiger partial charge in [0, 0.05) is 13.2 Å². The van der Waals surface area contributed by atoms with Gasteiger partial charge in [0.2, 0.25) is 10.0 Å². The van der Waals surface area contributed by atoms with Crippen molar-refractivity contribution < 1.29 is 13.2 Å². The summed E-state index contributed by atoms with van der Waals surface area (Å²) in [7, 11) is -2.00. The molecule has 0 amide bonds. The fourth-order valence-electron chi connectivity index (χ4n) is 2.30. The Labute approximate surface area is 118 Å². The van der Waals surface area contributed by atoms with Crippen molar-refractivity contribution >= 4 is 27.3 Å². The van der Waals surface area contributed by atoms with Gasteiger partial charge in [0.15, 0.2) is 0 Å². The third kappa shape index (κ3) is 3.20. The van der Waals surface area contributed by atoms with Crippen molar-refractivity contribution in [1.82, 2.24) is 4.72 Å². The fourth-order valence-corrected chi connectivity index (χ4v) is 3.75. The van der Waals surface area contributed by atoms with Crippen molar-refractivity contribution in [3.63, 3.8) is 0 Å². The molecule has 3 N–H and O–H groups in total. The van der Waals surface area contributed by atoms with Gasteiger partial charge in [0.05, 0.1) is 21.7 Å². The molecule has 0 aliphatic heterocycles. The highest BCUT2D eigenvalue weighted by Gasteiger charge is 2.31. The van der Waals surface area contributed by atoms with Crippen LogP contribution in [0.5, 0.6) is 0 Å². The Morgan fingerprint density at radius 2 is 2.16 bits per heavy atom. The van der Waals surface area contributed by atoms with Crippen molar-refractivity contribution in [3.05, 3.63) is 23.2 Å². The van der Waals surface area contributed by atoms with Crippen LogP contribution in [0.3, 0.4) is 0 Å². The zero-order valence-electron chi connectivity index (χ0n) is 10.6. The van der Waals surface area contributed by atoms with Crippen LogP contribution >= 0.6 is 11.6 Å². The van der Waals surface area contributed by atoms with Crippen LogP contribution in [0, 0.1) is 0 Å². The third-order valence-corrected chi connectivity index (χ3v) is 5.17. The lowest BCUT2D eigenvalue weighted by molar-refractivity contribution is 0.0916. The second-order valence-electron chi connectivity index (χ2n) is 4.62. The van der Waals surface area contributed by atoms with E-state index in [9.17, 15) is 8.42 Å². The van der Waals surface area contributed by atoms with Crippen molar-refractivity contribution in [1.29, 1.82) is 0 Å². The molecule has 2 unspecified atom stereocenters. The van der Waals surface area contributed by atoms with Crippen molar-refractivity contribution in [2.24, 2.45) is 0 Å². The van der Waals surface area contributed by atoms with E-state index < -0.39 is 10.0 Å². The average Bonchev–Trinajstić information content (AvgIpc) is 2.79. The van der Waals surface area contributed by atoms with Crippen molar-refractivity contribution in [2.75, 3.05) is 12.8 Å². The van der Waals surface area contributed by atoms with Gasteiger partial charge in [-0.2, -0.15) is 0 Å². The molecule has 0 spiro atoms. The number of anilines is 1. The molecule has 0 aromatic heterocycles. The number of benzene rings is 1. The molecule has 19 heavy (non-hydrogen) atoms. The van der Waals surface area contributed by atoms with Gasteiger partial charge in [0.1, 0.15) is 0 Å². The molecule has 1 aliphatic carbocycles. The van der Waals surface area contributed by atoms with Crippen LogP contribution in [-0.4, -0.2) is 27.7 Å². The van der Waals surface area contributed by atoms with Gasteiger partial charge in [0.25, 0.3) is 0 Å². The van der Waals surface area contributed by atoms with E-state index in [0.29, 0.717) is 5.02 Å². The highest BCUT2D eigenvalue weighted by Crippen LogP contribution is 2.25. The first kappa shape index (κ1) is 14.6. The lowest BCUT2D eigenvalue weighted by Gasteiger charge is -2.19. The Balaban J connectivity index is 2.20. The maximum atomic E-state index is 12.2. The van der Waals surface area contributed by atoms with Crippen LogP contribution in [0.25, 0.3) is 0 Å². The summed E-state index contributed by atoms with van der Waals surface area (Å²) in [5.41, 5.74) is 5.88. The van der Waals surface area contributed by atoms with E-state index in [1.54, 1.807) is 7.11 Å². The molecule has 0 heterocycles. The van der Waals surface area contributed by atoms with Crippen molar-refractivity contribution in [2.45, 2.75) is 36.3 Å². The number of ether oxygens (including phenoxy) is 1. The molecule has 0 bridgehead atoms. The molecule has 2 rings (SSSR count). The number of sulfonamides is 1. The minimum Gasteiger partial charge on any atom is -0.397 e. The second kappa shape index (κ2) is 5.66. The van der Waals surface area contributed by atoms with E-state index >= 15 is 0 Å². The zero-order chi connectivity index (χ0) is 14.0. The summed E-state index contributed by atoms with van der Waals surface area (Å²) < 4.78 is 32.4. The van der Waals surface area contributed by atoms with Gasteiger partial charge in [-0.15, -0.1) is 0 Å². The Kier molecular flexibility index (Phi) is 4.35. The normalized spacial score (nSPS) is 23.7. The van der Waals surface area contributed by atoms with Crippen molar-refractivity contribution in [3.8, 4) is 0 Å². The first-order valence-electron chi connectivity index (χ1n) is 6.04. The molecule has 106 valence electrons. The Bertz CT molecular complexity index is 562.